The Balaban J connectivity index is 1.65. The Labute approximate surface area is 154 Å². The zero-order valence-electron chi connectivity index (χ0n) is 15.8. The van der Waals surface area contributed by atoms with Crippen molar-refractivity contribution in [2.75, 3.05) is 13.2 Å². The van der Waals surface area contributed by atoms with Crippen molar-refractivity contribution < 1.29 is 29.6 Å². The van der Waals surface area contributed by atoms with E-state index in [1.165, 1.54) is 6.92 Å². The minimum atomic E-state index is -0.725. The van der Waals surface area contributed by atoms with E-state index in [1.807, 2.05) is 0 Å². The van der Waals surface area contributed by atoms with Crippen LogP contribution in [0.3, 0.4) is 0 Å². The van der Waals surface area contributed by atoms with E-state index in [4.69, 9.17) is 9.47 Å². The standard InChI is InChI=1S/C20H32O6/c1-11(22)26-16-4-3-14-18-13(5-6-20(14,16)9-21)19(2)10-25-17(24)8-12(19)7-15(18)23/h12-18,21,23-24H,3-10H2,1-2H3/t12?,13?,14?,15?,16-,17-,18?,19-,20+/m0/s1. The number of carbonyl (C=O) groups is 1. The molecule has 4 fully saturated rings. The first-order chi connectivity index (χ1) is 12.3. The minimum Gasteiger partial charge on any atom is -0.462 e. The van der Waals surface area contributed by atoms with Crippen molar-refractivity contribution in [1.29, 1.82) is 0 Å². The van der Waals surface area contributed by atoms with Gasteiger partial charge in [-0.05, 0) is 61.2 Å². The molecule has 0 spiro atoms. The fourth-order valence-corrected chi connectivity index (χ4v) is 7.14. The summed E-state index contributed by atoms with van der Waals surface area (Å²) in [4.78, 5) is 11.6. The van der Waals surface area contributed by atoms with Crippen LogP contribution in [0.15, 0.2) is 0 Å². The van der Waals surface area contributed by atoms with Crippen LogP contribution in [0.2, 0.25) is 0 Å². The smallest absolute Gasteiger partial charge is 0.302 e. The fourth-order valence-electron chi connectivity index (χ4n) is 7.14. The summed E-state index contributed by atoms with van der Waals surface area (Å²) in [6.45, 7) is 4.20. The summed E-state index contributed by atoms with van der Waals surface area (Å²) in [5.74, 6) is 0.530. The number of hydrogen-bond donors (Lipinski definition) is 3. The molecule has 4 aliphatic rings. The van der Waals surface area contributed by atoms with Gasteiger partial charge in [-0.3, -0.25) is 4.79 Å². The number of rotatable bonds is 2. The van der Waals surface area contributed by atoms with Crippen LogP contribution in [0.5, 0.6) is 0 Å². The maximum Gasteiger partial charge on any atom is 0.302 e. The van der Waals surface area contributed by atoms with Gasteiger partial charge in [0.25, 0.3) is 0 Å². The largest absolute Gasteiger partial charge is 0.462 e. The van der Waals surface area contributed by atoms with Gasteiger partial charge in [-0.15, -0.1) is 0 Å². The van der Waals surface area contributed by atoms with Gasteiger partial charge in [0, 0.05) is 18.8 Å². The lowest BCUT2D eigenvalue weighted by molar-refractivity contribution is -0.248. The summed E-state index contributed by atoms with van der Waals surface area (Å²) in [5.41, 5.74) is -0.476. The number of esters is 1. The molecule has 0 bridgehead atoms. The monoisotopic (exact) mass is 368 g/mol. The van der Waals surface area contributed by atoms with Gasteiger partial charge in [-0.1, -0.05) is 6.92 Å². The Morgan fingerprint density at radius 1 is 1.19 bits per heavy atom. The van der Waals surface area contributed by atoms with Gasteiger partial charge in [-0.2, -0.15) is 0 Å². The Morgan fingerprint density at radius 3 is 2.65 bits per heavy atom. The van der Waals surface area contributed by atoms with Crippen molar-refractivity contribution in [3.8, 4) is 0 Å². The van der Waals surface area contributed by atoms with E-state index in [2.05, 4.69) is 6.92 Å². The van der Waals surface area contributed by atoms with Crippen molar-refractivity contribution in [2.24, 2.45) is 34.5 Å². The molecule has 3 saturated carbocycles. The second-order valence-corrected chi connectivity index (χ2v) is 9.40. The van der Waals surface area contributed by atoms with Crippen LogP contribution in [0.1, 0.15) is 52.4 Å². The highest BCUT2D eigenvalue weighted by Gasteiger charge is 2.64. The Hall–Kier alpha value is -0.690. The highest BCUT2D eigenvalue weighted by atomic mass is 16.6. The quantitative estimate of drug-likeness (QED) is 0.639. The summed E-state index contributed by atoms with van der Waals surface area (Å²) < 4.78 is 11.2. The Morgan fingerprint density at radius 2 is 1.96 bits per heavy atom. The van der Waals surface area contributed by atoms with E-state index < -0.39 is 17.8 Å². The minimum absolute atomic E-state index is 0.000903. The molecule has 0 aromatic heterocycles. The summed E-state index contributed by atoms with van der Waals surface area (Å²) >= 11 is 0. The highest BCUT2D eigenvalue weighted by molar-refractivity contribution is 5.66. The molecule has 9 atom stereocenters. The van der Waals surface area contributed by atoms with Crippen LogP contribution in [-0.2, 0) is 14.3 Å². The summed E-state index contributed by atoms with van der Waals surface area (Å²) in [5, 5.41) is 31.3. The molecule has 1 aliphatic heterocycles. The van der Waals surface area contributed by atoms with Crippen molar-refractivity contribution >= 4 is 5.97 Å². The fraction of sp³-hybridized carbons (Fsp3) is 0.950. The zero-order valence-corrected chi connectivity index (χ0v) is 15.8. The molecule has 3 aliphatic carbocycles. The van der Waals surface area contributed by atoms with Crippen molar-refractivity contribution in [1.82, 2.24) is 0 Å². The molecule has 1 saturated heterocycles. The SMILES string of the molecule is CC(=O)O[C@H]1CCC2C3C(O)CC4C[C@@H](O)OC[C@]4(C)C3CC[C@@]21CO. The first-order valence-electron chi connectivity index (χ1n) is 10.1. The molecule has 6 nitrogen and oxygen atoms in total. The van der Waals surface area contributed by atoms with E-state index in [0.29, 0.717) is 25.4 Å². The van der Waals surface area contributed by atoms with E-state index in [-0.39, 0.29) is 41.8 Å². The van der Waals surface area contributed by atoms with Gasteiger partial charge in [0.15, 0.2) is 6.29 Å². The molecule has 4 rings (SSSR count). The average molecular weight is 368 g/mol. The molecule has 148 valence electrons. The van der Waals surface area contributed by atoms with Crippen molar-refractivity contribution in [3.05, 3.63) is 0 Å². The van der Waals surface area contributed by atoms with Gasteiger partial charge < -0.3 is 24.8 Å². The molecular formula is C20H32O6. The van der Waals surface area contributed by atoms with Crippen LogP contribution in [0.25, 0.3) is 0 Å². The number of hydrogen-bond acceptors (Lipinski definition) is 6. The first-order valence-corrected chi connectivity index (χ1v) is 10.1. The molecular weight excluding hydrogens is 336 g/mol. The third-order valence-corrected chi connectivity index (χ3v) is 8.40. The maximum absolute atomic E-state index is 11.6. The third kappa shape index (κ3) is 2.56. The van der Waals surface area contributed by atoms with E-state index >= 15 is 0 Å². The van der Waals surface area contributed by atoms with Gasteiger partial charge >= 0.3 is 5.97 Å². The molecule has 5 unspecified atom stereocenters. The predicted octanol–water partition coefficient (Wildman–Crippen LogP) is 1.46. The third-order valence-electron chi connectivity index (χ3n) is 8.40. The Bertz CT molecular complexity index is 567. The number of aliphatic hydroxyl groups excluding tert-OH is 3. The van der Waals surface area contributed by atoms with Crippen LogP contribution in [0, 0.1) is 34.5 Å². The molecule has 0 aromatic rings. The molecule has 3 N–H and O–H groups in total. The lowest BCUT2D eigenvalue weighted by Crippen LogP contribution is -2.61. The maximum atomic E-state index is 11.6. The van der Waals surface area contributed by atoms with Crippen molar-refractivity contribution in [2.45, 2.75) is 70.9 Å². The summed E-state index contributed by atoms with van der Waals surface area (Å²) in [6, 6.07) is 0. The summed E-state index contributed by atoms with van der Waals surface area (Å²) in [6.07, 6.45) is 3.19. The Kier molecular flexibility index (Phi) is 4.62. The molecule has 1 heterocycles. The second-order valence-electron chi connectivity index (χ2n) is 9.40. The molecule has 0 amide bonds. The number of aliphatic hydroxyl groups is 3. The van der Waals surface area contributed by atoms with Crippen LogP contribution in [-0.4, -0.2) is 53.0 Å². The van der Waals surface area contributed by atoms with Crippen LogP contribution in [0.4, 0.5) is 0 Å². The normalized spacial score (nSPS) is 53.3. The second kappa shape index (κ2) is 6.43. The van der Waals surface area contributed by atoms with Gasteiger partial charge in [0.1, 0.15) is 6.10 Å². The lowest BCUT2D eigenvalue weighted by atomic mass is 9.46. The highest BCUT2D eigenvalue weighted by Crippen LogP contribution is 2.65. The number of fused-ring (bicyclic) bond motifs is 5. The predicted molar refractivity (Wildman–Crippen MR) is 92.8 cm³/mol. The van der Waals surface area contributed by atoms with Gasteiger partial charge in [0.2, 0.25) is 0 Å². The number of ether oxygens (including phenoxy) is 2. The van der Waals surface area contributed by atoms with Gasteiger partial charge in [-0.25, -0.2) is 0 Å². The van der Waals surface area contributed by atoms with Crippen molar-refractivity contribution in [3.63, 3.8) is 0 Å². The first kappa shape index (κ1) is 18.7. The summed E-state index contributed by atoms with van der Waals surface area (Å²) in [7, 11) is 0. The number of carbonyl (C=O) groups excluding carboxylic acids is 1. The topological polar surface area (TPSA) is 96.2 Å². The van der Waals surface area contributed by atoms with E-state index in [1.54, 1.807) is 0 Å². The van der Waals surface area contributed by atoms with Gasteiger partial charge in [0.05, 0.1) is 19.3 Å². The lowest BCUT2D eigenvalue weighted by Gasteiger charge is -2.61. The average Bonchev–Trinajstić information content (AvgIpc) is 2.95. The molecule has 0 aromatic carbocycles. The van der Waals surface area contributed by atoms with Crippen LogP contribution < -0.4 is 0 Å². The van der Waals surface area contributed by atoms with E-state index in [0.717, 1.165) is 25.7 Å². The van der Waals surface area contributed by atoms with Crippen LogP contribution >= 0.6 is 0 Å². The zero-order chi connectivity index (χ0) is 18.7. The van der Waals surface area contributed by atoms with E-state index in [9.17, 15) is 20.1 Å². The molecule has 0 radical (unpaired) electrons. The molecule has 6 heteroatoms. The molecule has 26 heavy (non-hydrogen) atoms.